The van der Waals surface area contributed by atoms with Crippen LogP contribution < -0.4 is 4.90 Å². The second-order valence-corrected chi connectivity index (χ2v) is 7.42. The largest absolute Gasteiger partial charge is 0.456 e. The van der Waals surface area contributed by atoms with Gasteiger partial charge in [0.25, 0.3) is 0 Å². The van der Waals surface area contributed by atoms with E-state index in [1.807, 2.05) is 0 Å². The smallest absolute Gasteiger partial charge is 0.336 e. The number of hydrogen-bond donors (Lipinski definition) is 0. The average molecular weight is 437 g/mol. The number of carbonyl (C=O) groups excluding carboxylic acids is 2. The molecular weight excluding hydrogens is 425 g/mol. The minimum Gasteiger partial charge on any atom is -0.456 e. The Kier molecular flexibility index (Phi) is 4.32. The first-order chi connectivity index (χ1) is 12.5. The average Bonchev–Trinajstić information content (AvgIpc) is 2.98. The van der Waals surface area contributed by atoms with Crippen molar-refractivity contribution in [3.05, 3.63) is 74.6 Å². The van der Waals surface area contributed by atoms with E-state index in [0.29, 0.717) is 32.0 Å². The van der Waals surface area contributed by atoms with Crippen LogP contribution in [0.2, 0.25) is 5.02 Å². The van der Waals surface area contributed by atoms with E-state index >= 15 is 0 Å². The first-order valence-corrected chi connectivity index (χ1v) is 9.06. The third kappa shape index (κ3) is 2.83. The molecule has 0 radical (unpaired) electrons. The second-order valence-electron chi connectivity index (χ2n) is 6.07. The lowest BCUT2D eigenvalue weighted by Gasteiger charge is -2.32. The summed E-state index contributed by atoms with van der Waals surface area (Å²) in [5.74, 6) is -1.91. The van der Waals surface area contributed by atoms with Crippen molar-refractivity contribution in [2.45, 2.75) is 12.3 Å². The monoisotopic (exact) mass is 435 g/mol. The summed E-state index contributed by atoms with van der Waals surface area (Å²) in [6.07, 6.45) is -0.0339. The molecule has 2 heterocycles. The van der Waals surface area contributed by atoms with Crippen LogP contribution in [-0.2, 0) is 14.3 Å². The molecule has 2 aliphatic heterocycles. The molecule has 26 heavy (non-hydrogen) atoms. The molecule has 1 amide bonds. The van der Waals surface area contributed by atoms with Gasteiger partial charge in [-0.2, -0.15) is 0 Å². The molecule has 0 N–H and O–H groups in total. The first-order valence-electron chi connectivity index (χ1n) is 7.89. The maximum Gasteiger partial charge on any atom is 0.336 e. The summed E-state index contributed by atoms with van der Waals surface area (Å²) < 4.78 is 20.3. The zero-order chi connectivity index (χ0) is 18.4. The lowest BCUT2D eigenvalue weighted by molar-refractivity contribution is -0.136. The van der Waals surface area contributed by atoms with Crippen molar-refractivity contribution in [1.29, 1.82) is 0 Å². The molecule has 2 aromatic carbocycles. The summed E-state index contributed by atoms with van der Waals surface area (Å²) >= 11 is 9.35. The number of carbonyl (C=O) groups is 2. The van der Waals surface area contributed by atoms with E-state index in [9.17, 15) is 14.0 Å². The fraction of sp³-hybridized carbons (Fsp3) is 0.158. The Morgan fingerprint density at radius 2 is 2.00 bits per heavy atom. The topological polar surface area (TPSA) is 46.6 Å². The SMILES string of the molecule is O=C1OCC2=C1C(c1cc(Br)ccc1F)CC(=O)N2c1cccc(Cl)c1. The standard InChI is InChI=1S/C19H12BrClFNO3/c20-10-4-5-15(22)13(6-10)14-8-17(24)23(12-3-1-2-11(21)7-12)16-9-26-19(25)18(14)16/h1-7,14H,8-9H2. The van der Waals surface area contributed by atoms with Crippen molar-refractivity contribution in [2.75, 3.05) is 11.5 Å². The molecule has 4 nitrogen and oxygen atoms in total. The van der Waals surface area contributed by atoms with Gasteiger partial charge >= 0.3 is 5.97 Å². The molecule has 4 rings (SSSR count). The van der Waals surface area contributed by atoms with Gasteiger partial charge in [-0.15, -0.1) is 0 Å². The van der Waals surface area contributed by atoms with Crippen molar-refractivity contribution in [3.63, 3.8) is 0 Å². The molecule has 0 aromatic heterocycles. The van der Waals surface area contributed by atoms with E-state index in [0.717, 1.165) is 0 Å². The Bertz CT molecular complexity index is 975. The third-order valence-corrected chi connectivity index (χ3v) is 5.25. The highest BCUT2D eigenvalue weighted by molar-refractivity contribution is 9.10. The molecular formula is C19H12BrClFNO3. The normalized spacial score (nSPS) is 19.7. The number of halogens is 3. The molecule has 7 heteroatoms. The third-order valence-electron chi connectivity index (χ3n) is 4.52. The zero-order valence-electron chi connectivity index (χ0n) is 13.3. The Hall–Kier alpha value is -2.18. The fourth-order valence-electron chi connectivity index (χ4n) is 3.42. The zero-order valence-corrected chi connectivity index (χ0v) is 15.7. The number of cyclic esters (lactones) is 1. The summed E-state index contributed by atoms with van der Waals surface area (Å²) in [6, 6.07) is 11.3. The van der Waals surface area contributed by atoms with Gasteiger partial charge in [-0.05, 0) is 42.0 Å². The molecule has 2 aromatic rings. The molecule has 2 aliphatic rings. The number of ether oxygens (including phenoxy) is 1. The lowest BCUT2D eigenvalue weighted by atomic mass is 9.84. The van der Waals surface area contributed by atoms with E-state index in [4.69, 9.17) is 16.3 Å². The molecule has 0 saturated heterocycles. The maximum absolute atomic E-state index is 14.4. The predicted molar refractivity (Wildman–Crippen MR) is 98.4 cm³/mol. The minimum atomic E-state index is -0.680. The van der Waals surface area contributed by atoms with E-state index in [1.54, 1.807) is 36.4 Å². The highest BCUT2D eigenvalue weighted by Crippen LogP contribution is 2.43. The molecule has 0 aliphatic carbocycles. The highest BCUT2D eigenvalue weighted by Gasteiger charge is 2.43. The van der Waals surface area contributed by atoms with Crippen LogP contribution in [-0.4, -0.2) is 18.5 Å². The molecule has 0 saturated carbocycles. The molecule has 132 valence electrons. The van der Waals surface area contributed by atoms with Gasteiger partial charge in [0.2, 0.25) is 5.91 Å². The summed E-state index contributed by atoms with van der Waals surface area (Å²) in [6.45, 7) is -0.0292. The number of hydrogen-bond acceptors (Lipinski definition) is 3. The number of benzene rings is 2. The summed E-state index contributed by atoms with van der Waals surface area (Å²) in [4.78, 5) is 26.7. The van der Waals surface area contributed by atoms with Gasteiger partial charge < -0.3 is 4.74 Å². The van der Waals surface area contributed by atoms with Gasteiger partial charge in [0.1, 0.15) is 12.4 Å². The quantitative estimate of drug-likeness (QED) is 0.648. The number of esters is 1. The fourth-order valence-corrected chi connectivity index (χ4v) is 3.98. The Morgan fingerprint density at radius 3 is 2.77 bits per heavy atom. The van der Waals surface area contributed by atoms with Crippen molar-refractivity contribution < 1.29 is 18.7 Å². The Morgan fingerprint density at radius 1 is 1.19 bits per heavy atom. The summed E-state index contributed by atoms with van der Waals surface area (Å²) in [7, 11) is 0. The van der Waals surface area contributed by atoms with Crippen molar-refractivity contribution in [1.82, 2.24) is 0 Å². The maximum atomic E-state index is 14.4. The number of nitrogens with zero attached hydrogens (tertiary/aromatic N) is 1. The first kappa shape index (κ1) is 17.2. The van der Waals surface area contributed by atoms with Crippen molar-refractivity contribution in [3.8, 4) is 0 Å². The molecule has 1 atom stereocenters. The van der Waals surface area contributed by atoms with Gasteiger partial charge in [0, 0.05) is 21.8 Å². The molecule has 1 unspecified atom stereocenters. The summed E-state index contributed by atoms with van der Waals surface area (Å²) in [5.41, 5.74) is 1.62. The summed E-state index contributed by atoms with van der Waals surface area (Å²) in [5, 5.41) is 0.475. The Labute approximate surface area is 162 Å². The van der Waals surface area contributed by atoms with E-state index < -0.39 is 17.7 Å². The van der Waals surface area contributed by atoms with Gasteiger partial charge in [0.15, 0.2) is 0 Å². The van der Waals surface area contributed by atoms with Crippen LogP contribution in [0.1, 0.15) is 17.9 Å². The molecule has 0 fully saturated rings. The van der Waals surface area contributed by atoms with Crippen molar-refractivity contribution >= 4 is 45.1 Å². The van der Waals surface area contributed by atoms with Gasteiger partial charge in [-0.1, -0.05) is 33.6 Å². The van der Waals surface area contributed by atoms with E-state index in [2.05, 4.69) is 15.9 Å². The number of anilines is 1. The molecule has 0 bridgehead atoms. The van der Waals surface area contributed by atoms with Crippen LogP contribution in [0.25, 0.3) is 0 Å². The van der Waals surface area contributed by atoms with E-state index in [1.165, 1.54) is 11.0 Å². The van der Waals surface area contributed by atoms with Crippen LogP contribution in [0, 0.1) is 5.82 Å². The highest BCUT2D eigenvalue weighted by atomic mass is 79.9. The van der Waals surface area contributed by atoms with Crippen LogP contribution in [0.4, 0.5) is 10.1 Å². The van der Waals surface area contributed by atoms with Crippen LogP contribution in [0.5, 0.6) is 0 Å². The Balaban J connectivity index is 1.87. The predicted octanol–water partition coefficient (Wildman–Crippen LogP) is 4.57. The number of rotatable bonds is 2. The van der Waals surface area contributed by atoms with Gasteiger partial charge in [-0.25, -0.2) is 9.18 Å². The lowest BCUT2D eigenvalue weighted by Crippen LogP contribution is -2.37. The van der Waals surface area contributed by atoms with Crippen LogP contribution >= 0.6 is 27.5 Å². The second kappa shape index (κ2) is 6.52. The number of amides is 1. The van der Waals surface area contributed by atoms with Gasteiger partial charge in [0.05, 0.1) is 17.0 Å². The van der Waals surface area contributed by atoms with E-state index in [-0.39, 0.29) is 18.9 Å². The molecule has 0 spiro atoms. The van der Waals surface area contributed by atoms with Crippen LogP contribution in [0.15, 0.2) is 58.2 Å². The van der Waals surface area contributed by atoms with Crippen molar-refractivity contribution in [2.24, 2.45) is 0 Å². The van der Waals surface area contributed by atoms with Crippen LogP contribution in [0.3, 0.4) is 0 Å². The minimum absolute atomic E-state index is 0.0292. The van der Waals surface area contributed by atoms with Gasteiger partial charge in [-0.3, -0.25) is 9.69 Å².